The van der Waals surface area contributed by atoms with Gasteiger partial charge in [0.2, 0.25) is 5.89 Å². The first-order valence-corrected chi connectivity index (χ1v) is 7.77. The third kappa shape index (κ3) is 3.68. The standard InChI is InChI=1S/C16H20N4O3/c1-3-4-16-19-14(20-23-16)8-17-10(2)11-5-6-13-12(7-11)18-15(21)9-22-13/h5-7,10,17H,3-4,8-9H2,1-2H3,(H,18,21). The Labute approximate surface area is 134 Å². The zero-order valence-corrected chi connectivity index (χ0v) is 13.3. The first-order chi connectivity index (χ1) is 11.2. The molecule has 0 bridgehead atoms. The lowest BCUT2D eigenvalue weighted by Gasteiger charge is -2.20. The Balaban J connectivity index is 1.62. The smallest absolute Gasteiger partial charge is 0.262 e. The van der Waals surface area contributed by atoms with E-state index in [0.29, 0.717) is 29.7 Å². The van der Waals surface area contributed by atoms with Crippen molar-refractivity contribution < 1.29 is 14.1 Å². The van der Waals surface area contributed by atoms with Crippen LogP contribution in [0.3, 0.4) is 0 Å². The molecule has 1 aromatic carbocycles. The minimum atomic E-state index is -0.134. The van der Waals surface area contributed by atoms with Crippen LogP contribution in [-0.2, 0) is 17.8 Å². The van der Waals surface area contributed by atoms with Crippen LogP contribution in [0.4, 0.5) is 5.69 Å². The van der Waals surface area contributed by atoms with Crippen molar-refractivity contribution in [3.8, 4) is 5.75 Å². The van der Waals surface area contributed by atoms with Crippen molar-refractivity contribution in [1.82, 2.24) is 15.5 Å². The second-order valence-electron chi connectivity index (χ2n) is 5.55. The molecule has 0 saturated heterocycles. The summed E-state index contributed by atoms with van der Waals surface area (Å²) in [7, 11) is 0. The number of hydrogen-bond donors (Lipinski definition) is 2. The summed E-state index contributed by atoms with van der Waals surface area (Å²) in [6.45, 7) is 4.70. The van der Waals surface area contributed by atoms with E-state index in [1.54, 1.807) is 0 Å². The van der Waals surface area contributed by atoms with Gasteiger partial charge < -0.3 is 19.9 Å². The van der Waals surface area contributed by atoms with E-state index in [2.05, 4.69) is 27.7 Å². The van der Waals surface area contributed by atoms with Crippen molar-refractivity contribution in [2.45, 2.75) is 39.3 Å². The summed E-state index contributed by atoms with van der Waals surface area (Å²) in [4.78, 5) is 15.7. The molecular formula is C16H20N4O3. The number of rotatable bonds is 6. The molecule has 2 aromatic rings. The zero-order chi connectivity index (χ0) is 16.2. The minimum absolute atomic E-state index is 0.0675. The van der Waals surface area contributed by atoms with Crippen LogP contribution < -0.4 is 15.4 Å². The Morgan fingerprint density at radius 3 is 3.13 bits per heavy atom. The second kappa shape index (κ2) is 6.78. The molecule has 0 spiro atoms. The van der Waals surface area contributed by atoms with Gasteiger partial charge in [-0.15, -0.1) is 0 Å². The van der Waals surface area contributed by atoms with Crippen LogP contribution in [0.2, 0.25) is 0 Å². The largest absolute Gasteiger partial charge is 0.482 e. The van der Waals surface area contributed by atoms with Crippen molar-refractivity contribution in [3.05, 3.63) is 35.5 Å². The van der Waals surface area contributed by atoms with Crippen molar-refractivity contribution in [3.63, 3.8) is 0 Å². The first-order valence-electron chi connectivity index (χ1n) is 7.77. The normalized spacial score (nSPS) is 14.8. The number of anilines is 1. The predicted octanol–water partition coefficient (Wildman–Crippen LogP) is 2.20. The molecule has 7 heteroatoms. The highest BCUT2D eigenvalue weighted by Gasteiger charge is 2.17. The van der Waals surface area contributed by atoms with Crippen LogP contribution in [0, 0.1) is 0 Å². The minimum Gasteiger partial charge on any atom is -0.482 e. The fourth-order valence-electron chi connectivity index (χ4n) is 2.41. The zero-order valence-electron chi connectivity index (χ0n) is 13.3. The molecule has 0 saturated carbocycles. The summed E-state index contributed by atoms with van der Waals surface area (Å²) in [6.07, 6.45) is 1.78. The highest BCUT2D eigenvalue weighted by atomic mass is 16.5. The van der Waals surface area contributed by atoms with E-state index >= 15 is 0 Å². The summed E-state index contributed by atoms with van der Waals surface area (Å²) in [5.41, 5.74) is 1.75. The van der Waals surface area contributed by atoms with Crippen LogP contribution in [0.1, 0.15) is 43.6 Å². The summed E-state index contributed by atoms with van der Waals surface area (Å²) in [5, 5.41) is 10.1. The average Bonchev–Trinajstić information content (AvgIpc) is 3.00. The fourth-order valence-corrected chi connectivity index (χ4v) is 2.41. The molecule has 3 rings (SSSR count). The molecule has 0 radical (unpaired) electrons. The number of fused-ring (bicyclic) bond motifs is 1. The van der Waals surface area contributed by atoms with Crippen molar-refractivity contribution >= 4 is 11.6 Å². The second-order valence-corrected chi connectivity index (χ2v) is 5.55. The van der Waals surface area contributed by atoms with Crippen molar-refractivity contribution in [2.75, 3.05) is 11.9 Å². The van der Waals surface area contributed by atoms with Gasteiger partial charge in [0.15, 0.2) is 12.4 Å². The maximum atomic E-state index is 11.4. The van der Waals surface area contributed by atoms with Gasteiger partial charge >= 0.3 is 0 Å². The van der Waals surface area contributed by atoms with Crippen molar-refractivity contribution in [1.29, 1.82) is 0 Å². The molecule has 1 aliphatic heterocycles. The summed E-state index contributed by atoms with van der Waals surface area (Å²) in [6, 6.07) is 5.85. The summed E-state index contributed by atoms with van der Waals surface area (Å²) in [5.74, 6) is 1.88. The van der Waals surface area contributed by atoms with Crippen LogP contribution in [0.25, 0.3) is 0 Å². The number of carbonyl (C=O) groups excluding carboxylic acids is 1. The van der Waals surface area contributed by atoms with Gasteiger partial charge in [-0.25, -0.2) is 0 Å². The van der Waals surface area contributed by atoms with E-state index in [1.807, 2.05) is 25.1 Å². The molecule has 1 aromatic heterocycles. The highest BCUT2D eigenvalue weighted by molar-refractivity contribution is 5.95. The lowest BCUT2D eigenvalue weighted by molar-refractivity contribution is -0.118. The number of carbonyl (C=O) groups is 1. The van der Waals surface area contributed by atoms with Gasteiger partial charge in [0.25, 0.3) is 5.91 Å². The number of hydrogen-bond acceptors (Lipinski definition) is 6. The van der Waals surface area contributed by atoms with E-state index in [4.69, 9.17) is 9.26 Å². The van der Waals surface area contributed by atoms with E-state index in [9.17, 15) is 4.79 Å². The number of ether oxygens (including phenoxy) is 1. The topological polar surface area (TPSA) is 89.3 Å². The Hall–Kier alpha value is -2.41. The third-order valence-electron chi connectivity index (χ3n) is 3.68. The van der Waals surface area contributed by atoms with E-state index in [0.717, 1.165) is 18.4 Å². The number of nitrogens with zero attached hydrogens (tertiary/aromatic N) is 2. The molecule has 7 nitrogen and oxygen atoms in total. The van der Waals surface area contributed by atoms with E-state index in [1.165, 1.54) is 0 Å². The summed E-state index contributed by atoms with van der Waals surface area (Å²) < 4.78 is 10.5. The molecule has 0 fully saturated rings. The Kier molecular flexibility index (Phi) is 4.57. The Morgan fingerprint density at radius 1 is 1.43 bits per heavy atom. The average molecular weight is 316 g/mol. The lowest BCUT2D eigenvalue weighted by Crippen LogP contribution is -2.26. The molecule has 2 heterocycles. The van der Waals surface area contributed by atoms with Crippen LogP contribution in [0.5, 0.6) is 5.75 Å². The van der Waals surface area contributed by atoms with Gasteiger partial charge in [-0.05, 0) is 31.0 Å². The SMILES string of the molecule is CCCc1nc(CNC(C)c2ccc3c(c2)NC(=O)CO3)no1. The number of aryl methyl sites for hydroxylation is 1. The number of amides is 1. The maximum Gasteiger partial charge on any atom is 0.262 e. The quantitative estimate of drug-likeness (QED) is 0.849. The Morgan fingerprint density at radius 2 is 2.30 bits per heavy atom. The molecule has 1 atom stereocenters. The van der Waals surface area contributed by atoms with Gasteiger partial charge in [0.05, 0.1) is 12.2 Å². The lowest BCUT2D eigenvalue weighted by atomic mass is 10.1. The maximum absolute atomic E-state index is 11.4. The molecule has 2 N–H and O–H groups in total. The number of aromatic nitrogens is 2. The first kappa shape index (κ1) is 15.5. The van der Waals surface area contributed by atoms with Crippen molar-refractivity contribution in [2.24, 2.45) is 0 Å². The third-order valence-corrected chi connectivity index (χ3v) is 3.68. The molecule has 0 aliphatic carbocycles. The summed E-state index contributed by atoms with van der Waals surface area (Å²) >= 11 is 0. The van der Waals surface area contributed by atoms with Gasteiger partial charge in [0, 0.05) is 12.5 Å². The van der Waals surface area contributed by atoms with Gasteiger partial charge in [-0.1, -0.05) is 18.1 Å². The monoisotopic (exact) mass is 316 g/mol. The van der Waals surface area contributed by atoms with Crippen LogP contribution in [-0.4, -0.2) is 22.7 Å². The Bertz CT molecular complexity index is 698. The van der Waals surface area contributed by atoms with Gasteiger partial charge in [-0.3, -0.25) is 4.79 Å². The van der Waals surface area contributed by atoms with Crippen LogP contribution >= 0.6 is 0 Å². The number of benzene rings is 1. The van der Waals surface area contributed by atoms with E-state index in [-0.39, 0.29) is 18.6 Å². The van der Waals surface area contributed by atoms with E-state index < -0.39 is 0 Å². The fraction of sp³-hybridized carbons (Fsp3) is 0.438. The molecular weight excluding hydrogens is 296 g/mol. The highest BCUT2D eigenvalue weighted by Crippen LogP contribution is 2.30. The molecule has 1 aliphatic rings. The van der Waals surface area contributed by atoms with Gasteiger partial charge in [0.1, 0.15) is 5.75 Å². The predicted molar refractivity (Wildman–Crippen MR) is 84.1 cm³/mol. The molecule has 122 valence electrons. The molecule has 1 unspecified atom stereocenters. The van der Waals surface area contributed by atoms with Crippen LogP contribution in [0.15, 0.2) is 22.7 Å². The molecule has 1 amide bonds. The number of nitrogens with one attached hydrogen (secondary N) is 2. The van der Waals surface area contributed by atoms with Gasteiger partial charge in [-0.2, -0.15) is 4.98 Å². The molecule has 23 heavy (non-hydrogen) atoms.